The van der Waals surface area contributed by atoms with Gasteiger partial charge in [0, 0.05) is 24.8 Å². The molecule has 1 saturated carbocycles. The second-order valence-electron chi connectivity index (χ2n) is 5.62. The molecular weight excluding hydrogens is 240 g/mol. The Morgan fingerprint density at radius 1 is 1.32 bits per heavy atom. The molecular formula is C15H20N2O2. The maximum atomic E-state index is 12.6. The number of likely N-dealkylation sites (tertiary alicyclic amines) is 1. The Morgan fingerprint density at radius 2 is 2.00 bits per heavy atom. The van der Waals surface area contributed by atoms with E-state index in [1.165, 1.54) is 19.3 Å². The average molecular weight is 260 g/mol. The van der Waals surface area contributed by atoms with Gasteiger partial charge in [-0.25, -0.2) is 0 Å². The number of amides is 1. The summed E-state index contributed by atoms with van der Waals surface area (Å²) in [7, 11) is 1.57. The van der Waals surface area contributed by atoms with Gasteiger partial charge in [0.15, 0.2) is 0 Å². The van der Waals surface area contributed by atoms with Crippen LogP contribution in [0.2, 0.25) is 0 Å². The highest BCUT2D eigenvalue weighted by atomic mass is 16.5. The van der Waals surface area contributed by atoms with Crippen molar-refractivity contribution in [3.63, 3.8) is 0 Å². The summed E-state index contributed by atoms with van der Waals surface area (Å²) in [5.74, 6) is 2.07. The lowest BCUT2D eigenvalue weighted by atomic mass is 10.0. The number of nitrogens with two attached hydrogens (primary N) is 1. The minimum atomic E-state index is 0.0752. The number of hydrogen-bond acceptors (Lipinski definition) is 3. The topological polar surface area (TPSA) is 55.6 Å². The van der Waals surface area contributed by atoms with E-state index in [-0.39, 0.29) is 5.91 Å². The van der Waals surface area contributed by atoms with Gasteiger partial charge in [-0.05, 0) is 36.8 Å². The molecule has 2 unspecified atom stereocenters. The predicted octanol–water partition coefficient (Wildman–Crippen LogP) is 2.15. The number of rotatable bonds is 2. The maximum absolute atomic E-state index is 12.6. The van der Waals surface area contributed by atoms with Gasteiger partial charge in [0.25, 0.3) is 5.91 Å². The fourth-order valence-electron chi connectivity index (χ4n) is 3.46. The second kappa shape index (κ2) is 4.76. The van der Waals surface area contributed by atoms with Gasteiger partial charge in [-0.3, -0.25) is 4.79 Å². The number of anilines is 1. The predicted molar refractivity (Wildman–Crippen MR) is 74.1 cm³/mol. The third-order valence-corrected chi connectivity index (χ3v) is 4.47. The van der Waals surface area contributed by atoms with E-state index in [1.807, 2.05) is 4.90 Å². The summed E-state index contributed by atoms with van der Waals surface area (Å²) < 4.78 is 5.27. The van der Waals surface area contributed by atoms with Crippen LogP contribution in [0.25, 0.3) is 0 Å². The molecule has 0 aromatic heterocycles. The number of ether oxygens (including phenoxy) is 1. The van der Waals surface area contributed by atoms with E-state index < -0.39 is 0 Å². The molecule has 3 rings (SSSR count). The Bertz CT molecular complexity index is 489. The van der Waals surface area contributed by atoms with E-state index in [9.17, 15) is 4.79 Å². The van der Waals surface area contributed by atoms with Crippen LogP contribution in [0, 0.1) is 11.8 Å². The van der Waals surface area contributed by atoms with E-state index in [4.69, 9.17) is 10.5 Å². The number of benzene rings is 1. The number of methoxy groups -OCH3 is 1. The van der Waals surface area contributed by atoms with Crippen LogP contribution in [0.15, 0.2) is 18.2 Å². The molecule has 2 aliphatic rings. The number of nitrogens with zero attached hydrogens (tertiary/aromatic N) is 1. The lowest BCUT2D eigenvalue weighted by molar-refractivity contribution is 0.0777. The number of carbonyl (C=O) groups is 1. The van der Waals surface area contributed by atoms with Crippen LogP contribution in [0.1, 0.15) is 29.6 Å². The molecule has 0 bridgehead atoms. The van der Waals surface area contributed by atoms with Crippen molar-refractivity contribution in [3.05, 3.63) is 23.8 Å². The normalized spacial score (nSPS) is 25.4. The van der Waals surface area contributed by atoms with E-state index in [2.05, 4.69) is 0 Å². The first-order valence-corrected chi connectivity index (χ1v) is 6.92. The van der Waals surface area contributed by atoms with Gasteiger partial charge < -0.3 is 15.4 Å². The van der Waals surface area contributed by atoms with Gasteiger partial charge in [0.1, 0.15) is 5.75 Å². The Morgan fingerprint density at radius 3 is 2.63 bits per heavy atom. The lowest BCUT2D eigenvalue weighted by Gasteiger charge is -2.19. The van der Waals surface area contributed by atoms with Crippen LogP contribution in [0.5, 0.6) is 5.75 Å². The van der Waals surface area contributed by atoms with Gasteiger partial charge >= 0.3 is 0 Å². The maximum Gasteiger partial charge on any atom is 0.257 e. The van der Waals surface area contributed by atoms with Crippen molar-refractivity contribution < 1.29 is 9.53 Å². The Hall–Kier alpha value is -1.71. The van der Waals surface area contributed by atoms with Gasteiger partial charge in [0.2, 0.25) is 0 Å². The molecule has 1 saturated heterocycles. The summed E-state index contributed by atoms with van der Waals surface area (Å²) in [6.45, 7) is 1.80. The van der Waals surface area contributed by atoms with E-state index in [0.717, 1.165) is 13.1 Å². The SMILES string of the molecule is COc1cc(N)ccc1C(=O)N1CC2CCCC2C1. The summed E-state index contributed by atoms with van der Waals surface area (Å²) in [5.41, 5.74) is 6.97. The molecule has 1 aliphatic carbocycles. The van der Waals surface area contributed by atoms with Crippen molar-refractivity contribution in [1.29, 1.82) is 0 Å². The van der Waals surface area contributed by atoms with Crippen LogP contribution in [0.3, 0.4) is 0 Å². The molecule has 1 amide bonds. The highest BCUT2D eigenvalue weighted by Crippen LogP contribution is 2.38. The zero-order valence-electron chi connectivity index (χ0n) is 11.3. The van der Waals surface area contributed by atoms with Crippen LogP contribution in [-0.4, -0.2) is 31.0 Å². The van der Waals surface area contributed by atoms with Gasteiger partial charge in [-0.2, -0.15) is 0 Å². The molecule has 1 aliphatic heterocycles. The molecule has 1 aromatic rings. The van der Waals surface area contributed by atoms with Crippen molar-refractivity contribution in [2.75, 3.05) is 25.9 Å². The largest absolute Gasteiger partial charge is 0.496 e. The first kappa shape index (κ1) is 12.3. The van der Waals surface area contributed by atoms with Crippen LogP contribution in [0.4, 0.5) is 5.69 Å². The summed E-state index contributed by atoms with van der Waals surface area (Å²) >= 11 is 0. The average Bonchev–Trinajstić information content (AvgIpc) is 2.98. The molecule has 4 heteroatoms. The third-order valence-electron chi connectivity index (χ3n) is 4.47. The monoisotopic (exact) mass is 260 g/mol. The summed E-state index contributed by atoms with van der Waals surface area (Å²) in [4.78, 5) is 14.5. The number of carbonyl (C=O) groups excluding carboxylic acids is 1. The molecule has 0 spiro atoms. The molecule has 2 atom stereocenters. The standard InChI is InChI=1S/C15H20N2O2/c1-19-14-7-12(16)5-6-13(14)15(18)17-8-10-3-2-4-11(10)9-17/h5-7,10-11H,2-4,8-9,16H2,1H3. The minimum absolute atomic E-state index is 0.0752. The smallest absolute Gasteiger partial charge is 0.257 e. The Labute approximate surface area is 113 Å². The molecule has 1 aromatic carbocycles. The molecule has 2 N–H and O–H groups in total. The molecule has 0 radical (unpaired) electrons. The third kappa shape index (κ3) is 2.15. The number of nitrogen functional groups attached to an aromatic ring is 1. The Kier molecular flexibility index (Phi) is 3.09. The molecule has 4 nitrogen and oxygen atoms in total. The van der Waals surface area contributed by atoms with Crippen LogP contribution < -0.4 is 10.5 Å². The first-order valence-electron chi connectivity index (χ1n) is 6.92. The van der Waals surface area contributed by atoms with Crippen LogP contribution in [-0.2, 0) is 0 Å². The van der Waals surface area contributed by atoms with Gasteiger partial charge in [-0.15, -0.1) is 0 Å². The van der Waals surface area contributed by atoms with Crippen molar-refractivity contribution in [1.82, 2.24) is 4.90 Å². The molecule has 102 valence electrons. The zero-order valence-corrected chi connectivity index (χ0v) is 11.3. The lowest BCUT2D eigenvalue weighted by Crippen LogP contribution is -2.29. The number of hydrogen-bond donors (Lipinski definition) is 1. The zero-order chi connectivity index (χ0) is 13.4. The fraction of sp³-hybridized carbons (Fsp3) is 0.533. The Balaban J connectivity index is 1.81. The fourth-order valence-corrected chi connectivity index (χ4v) is 3.46. The van der Waals surface area contributed by atoms with Crippen molar-refractivity contribution >= 4 is 11.6 Å². The van der Waals surface area contributed by atoms with Crippen molar-refractivity contribution in [2.45, 2.75) is 19.3 Å². The highest BCUT2D eigenvalue weighted by Gasteiger charge is 2.38. The summed E-state index contributed by atoms with van der Waals surface area (Å²) in [6.07, 6.45) is 3.86. The summed E-state index contributed by atoms with van der Waals surface area (Å²) in [5, 5.41) is 0. The highest BCUT2D eigenvalue weighted by molar-refractivity contribution is 5.97. The van der Waals surface area contributed by atoms with Crippen LogP contribution >= 0.6 is 0 Å². The number of fused-ring (bicyclic) bond motifs is 1. The van der Waals surface area contributed by atoms with E-state index in [0.29, 0.717) is 28.8 Å². The van der Waals surface area contributed by atoms with E-state index >= 15 is 0 Å². The molecule has 1 heterocycles. The second-order valence-corrected chi connectivity index (χ2v) is 5.62. The van der Waals surface area contributed by atoms with Gasteiger partial charge in [-0.1, -0.05) is 6.42 Å². The quantitative estimate of drug-likeness (QED) is 0.829. The molecule has 19 heavy (non-hydrogen) atoms. The van der Waals surface area contributed by atoms with Crippen molar-refractivity contribution in [3.8, 4) is 5.75 Å². The molecule has 2 fully saturated rings. The van der Waals surface area contributed by atoms with Crippen molar-refractivity contribution in [2.24, 2.45) is 11.8 Å². The van der Waals surface area contributed by atoms with Gasteiger partial charge in [0.05, 0.1) is 12.7 Å². The summed E-state index contributed by atoms with van der Waals surface area (Å²) in [6, 6.07) is 5.24. The first-order chi connectivity index (χ1) is 9.19. The van der Waals surface area contributed by atoms with E-state index in [1.54, 1.807) is 25.3 Å². The minimum Gasteiger partial charge on any atom is -0.496 e.